The van der Waals surface area contributed by atoms with Crippen molar-refractivity contribution >= 4 is 54.0 Å². The van der Waals surface area contributed by atoms with Gasteiger partial charge in [-0.1, -0.05) is 28.9 Å². The lowest BCUT2D eigenvalue weighted by Crippen LogP contribution is -2.33. The molecule has 26 heteroatoms. The zero-order chi connectivity index (χ0) is 39.7. The molecule has 10 atom stereocenters. The standard InChI is InChI=1S/C31H33ClN13O11P/c32-13-3-1-2-12(6-13)15-4-5-52-57(51,56-15)53-9-17-20(22(47)28(55-17)43-10-35-18-24(43)37-30(33)39-26(18)49)45-8-14(41-42-45)7-16-21(46)23(48)29(54-16)44-11-36-19-25(44)38-31(34)40-27(19)50/h1-3,6,8,10-11,15-17,20-23,28-29,46-48,51H,4-5,7,9H2,(H5-,33,34,37,38,39,40,49,50)/p+1/t15-,16-,17-,20-,21-,22-,23+,28-,29-,57?/m1/s1. The van der Waals surface area contributed by atoms with Crippen LogP contribution in [0.1, 0.15) is 42.3 Å². The molecule has 9 rings (SSSR count). The van der Waals surface area contributed by atoms with Gasteiger partial charge in [-0.25, -0.2) is 14.6 Å². The Hall–Kier alpha value is -4.98. The molecule has 8 heterocycles. The fraction of sp³-hybridized carbons (Fsp3) is 0.419. The van der Waals surface area contributed by atoms with E-state index in [1.165, 1.54) is 32.7 Å². The van der Waals surface area contributed by atoms with Crippen LogP contribution in [0.4, 0.5) is 11.9 Å². The normalized spacial score (nSPS) is 30.5. The van der Waals surface area contributed by atoms with Crippen LogP contribution in [-0.4, -0.2) is 118 Å². The Morgan fingerprint density at radius 1 is 0.930 bits per heavy atom. The van der Waals surface area contributed by atoms with E-state index in [1.807, 2.05) is 0 Å². The molecule has 10 N–H and O–H groups in total. The average Bonchev–Trinajstić information content (AvgIpc) is 4.00. The van der Waals surface area contributed by atoms with Crippen molar-refractivity contribution in [3.8, 4) is 0 Å². The number of aliphatic hydroxyl groups excluding tert-OH is 3. The van der Waals surface area contributed by atoms with E-state index in [0.29, 0.717) is 17.0 Å². The molecule has 57 heavy (non-hydrogen) atoms. The van der Waals surface area contributed by atoms with Gasteiger partial charge >= 0.3 is 8.17 Å². The van der Waals surface area contributed by atoms with Crippen molar-refractivity contribution < 1.29 is 43.3 Å². The number of hydrogen-bond donors (Lipinski definition) is 8. The number of nitrogens with two attached hydrogens (primary N) is 2. The van der Waals surface area contributed by atoms with Gasteiger partial charge in [0.15, 0.2) is 34.8 Å². The van der Waals surface area contributed by atoms with Gasteiger partial charge in [0.25, 0.3) is 11.1 Å². The summed E-state index contributed by atoms with van der Waals surface area (Å²) in [6.45, 7) is -0.275. The molecule has 24 nitrogen and oxygen atoms in total. The molecule has 300 valence electrons. The molecule has 6 aromatic rings. The first-order chi connectivity index (χ1) is 27.4. The molecule has 1 unspecified atom stereocenters. The molecule has 0 radical (unpaired) electrons. The van der Waals surface area contributed by atoms with Crippen LogP contribution in [0.2, 0.25) is 5.02 Å². The number of aromatic amines is 2. The number of fused-ring (bicyclic) bond motifs is 2. The maximum atomic E-state index is 12.6. The summed E-state index contributed by atoms with van der Waals surface area (Å²) in [4.78, 5) is 57.4. The van der Waals surface area contributed by atoms with Crippen molar-refractivity contribution in [2.24, 2.45) is 0 Å². The van der Waals surface area contributed by atoms with E-state index in [-0.39, 0.29) is 59.6 Å². The molecule has 0 amide bonds. The quantitative estimate of drug-likeness (QED) is 0.0826. The number of anilines is 2. The van der Waals surface area contributed by atoms with Gasteiger partial charge in [0, 0.05) is 24.1 Å². The third-order valence-electron chi connectivity index (χ3n) is 9.91. The monoisotopic (exact) mass is 830 g/mol. The number of nitrogens with one attached hydrogen (secondary N) is 2. The van der Waals surface area contributed by atoms with Crippen molar-refractivity contribution in [3.05, 3.63) is 80.1 Å². The largest absolute Gasteiger partial charge is 0.573 e. The van der Waals surface area contributed by atoms with E-state index in [4.69, 9.17) is 46.1 Å². The second-order valence-electron chi connectivity index (χ2n) is 13.6. The summed E-state index contributed by atoms with van der Waals surface area (Å²) in [5.74, 6) is -0.364. The Morgan fingerprint density at radius 2 is 1.58 bits per heavy atom. The second kappa shape index (κ2) is 14.4. The Balaban J connectivity index is 0.974. The lowest BCUT2D eigenvalue weighted by atomic mass is 10.1. The van der Waals surface area contributed by atoms with Gasteiger partial charge in [0.1, 0.15) is 49.8 Å². The number of benzene rings is 1. The smallest absolute Gasteiger partial charge is 0.388 e. The number of nitrogen functional groups attached to an aromatic ring is 2. The predicted octanol–water partition coefficient (Wildman–Crippen LogP) is -0.812. The summed E-state index contributed by atoms with van der Waals surface area (Å²) in [6, 6.07) is 5.93. The summed E-state index contributed by atoms with van der Waals surface area (Å²) in [5.41, 5.74) is 11.3. The molecule has 5 aromatic heterocycles. The maximum absolute atomic E-state index is 12.6. The third kappa shape index (κ3) is 6.83. The van der Waals surface area contributed by atoms with Crippen molar-refractivity contribution in [3.63, 3.8) is 0 Å². The highest BCUT2D eigenvalue weighted by Crippen LogP contribution is 2.64. The van der Waals surface area contributed by atoms with E-state index < -0.39 is 74.4 Å². The van der Waals surface area contributed by atoms with Crippen molar-refractivity contribution in [2.75, 3.05) is 24.7 Å². The molecular weight excluding hydrogens is 797 g/mol. The van der Waals surface area contributed by atoms with Crippen LogP contribution in [0.15, 0.2) is 52.7 Å². The van der Waals surface area contributed by atoms with Crippen LogP contribution >= 0.6 is 19.8 Å². The number of H-pyrrole nitrogens is 2. The number of aliphatic hydroxyl groups is 3. The molecule has 0 bridgehead atoms. The van der Waals surface area contributed by atoms with Crippen molar-refractivity contribution in [1.82, 2.24) is 54.0 Å². The molecule has 1 aromatic carbocycles. The van der Waals surface area contributed by atoms with E-state index in [2.05, 4.69) is 40.2 Å². The maximum Gasteiger partial charge on any atom is 0.573 e. The number of halogens is 1. The van der Waals surface area contributed by atoms with E-state index >= 15 is 0 Å². The molecule has 3 aliphatic heterocycles. The van der Waals surface area contributed by atoms with Gasteiger partial charge in [0.05, 0.1) is 24.5 Å². The minimum absolute atomic E-state index is 0.0305. The summed E-state index contributed by atoms with van der Waals surface area (Å²) in [7, 11) is -3.95. The number of rotatable bonds is 9. The summed E-state index contributed by atoms with van der Waals surface area (Å²) >= 11 is 6.19. The highest BCUT2D eigenvalue weighted by Gasteiger charge is 2.55. The zero-order valence-corrected chi connectivity index (χ0v) is 30.9. The van der Waals surface area contributed by atoms with E-state index in [0.717, 1.165) is 0 Å². The van der Waals surface area contributed by atoms with Gasteiger partial charge in [-0.3, -0.25) is 28.7 Å². The number of aromatic nitrogens is 11. The van der Waals surface area contributed by atoms with Crippen LogP contribution in [0.5, 0.6) is 0 Å². The summed E-state index contributed by atoms with van der Waals surface area (Å²) in [6.07, 6.45) is -5.08. The highest BCUT2D eigenvalue weighted by atomic mass is 35.5. The fourth-order valence-corrected chi connectivity index (χ4v) is 8.87. The topological polar surface area (TPSA) is 337 Å². The first-order valence-electron chi connectivity index (χ1n) is 17.4. The zero-order valence-electron chi connectivity index (χ0n) is 29.2. The van der Waals surface area contributed by atoms with Crippen LogP contribution in [0.3, 0.4) is 0 Å². The van der Waals surface area contributed by atoms with Gasteiger partial charge in [-0.2, -0.15) is 23.9 Å². The number of imidazole rings is 2. The lowest BCUT2D eigenvalue weighted by molar-refractivity contribution is -0.0606. The van der Waals surface area contributed by atoms with Gasteiger partial charge < -0.3 is 36.3 Å². The molecule has 0 saturated carbocycles. The molecule has 3 saturated heterocycles. The van der Waals surface area contributed by atoms with Crippen LogP contribution in [-0.2, 0) is 29.5 Å². The molecular formula is C31H34ClN13O11P+. The number of hydrogen-bond acceptors (Lipinski definition) is 19. The van der Waals surface area contributed by atoms with Crippen LogP contribution in [0.25, 0.3) is 22.3 Å². The predicted molar refractivity (Wildman–Crippen MR) is 195 cm³/mol. The first kappa shape index (κ1) is 37.6. The van der Waals surface area contributed by atoms with E-state index in [1.54, 1.807) is 24.3 Å². The lowest BCUT2D eigenvalue weighted by Gasteiger charge is -2.27. The summed E-state index contributed by atoms with van der Waals surface area (Å²) in [5, 5.41) is 42.8. The Labute approximate surface area is 323 Å². The first-order valence-corrected chi connectivity index (χ1v) is 19.3. The highest BCUT2D eigenvalue weighted by molar-refractivity contribution is 7.55. The minimum Gasteiger partial charge on any atom is -0.388 e. The third-order valence-corrected chi connectivity index (χ3v) is 11.7. The molecule has 0 spiro atoms. The second-order valence-corrected chi connectivity index (χ2v) is 15.7. The van der Waals surface area contributed by atoms with Gasteiger partial charge in [-0.05, 0) is 17.7 Å². The van der Waals surface area contributed by atoms with Gasteiger partial charge in [0.2, 0.25) is 11.9 Å². The van der Waals surface area contributed by atoms with Crippen molar-refractivity contribution in [2.45, 2.75) is 68.0 Å². The van der Waals surface area contributed by atoms with E-state index in [9.17, 15) is 29.8 Å². The summed E-state index contributed by atoms with van der Waals surface area (Å²) < 4.78 is 33.7. The average molecular weight is 831 g/mol. The van der Waals surface area contributed by atoms with Crippen molar-refractivity contribution in [1.29, 1.82) is 0 Å². The van der Waals surface area contributed by atoms with Gasteiger partial charge in [-0.15, -0.1) is 9.62 Å². The fourth-order valence-electron chi connectivity index (χ4n) is 7.26. The number of ether oxygens (including phenoxy) is 2. The van der Waals surface area contributed by atoms with Crippen LogP contribution < -0.4 is 22.6 Å². The number of nitrogens with zero attached hydrogens (tertiary/aromatic N) is 9. The Kier molecular flexibility index (Phi) is 9.52. The molecule has 3 fully saturated rings. The van der Waals surface area contributed by atoms with Crippen LogP contribution in [0, 0.1) is 0 Å². The Morgan fingerprint density at radius 3 is 2.25 bits per heavy atom. The molecule has 3 aliphatic rings. The minimum atomic E-state index is -3.95. The SMILES string of the molecule is Nc1nc2c(ncn2[C@@H]2O[C@H](CO[P+]3(O)OCC[C@H](c4cccc(Cl)c4)O3)[C@@H](n3cc(C[C@H]4O[C@@H](n5cnc6c(=O)[nH]c(N)nc65)[C@@H](O)[C@@H]4O)nn3)[C@H]2O)c(=O)[nH]1. The molecule has 0 aliphatic carbocycles. The Bertz CT molecular complexity index is 2580.